The van der Waals surface area contributed by atoms with Crippen LogP contribution in [0, 0.1) is 0 Å². The molecule has 23 heavy (non-hydrogen) atoms. The van der Waals surface area contributed by atoms with E-state index in [1.807, 2.05) is 6.08 Å². The van der Waals surface area contributed by atoms with Crippen LogP contribution in [0.25, 0.3) is 10.9 Å². The van der Waals surface area contributed by atoms with E-state index in [9.17, 15) is 8.42 Å². The maximum Gasteiger partial charge on any atom is 0.249 e. The normalized spacial score (nSPS) is 24.7. The van der Waals surface area contributed by atoms with E-state index in [2.05, 4.69) is 43.5 Å². The highest BCUT2D eigenvalue weighted by Gasteiger charge is 2.45. The van der Waals surface area contributed by atoms with Gasteiger partial charge in [-0.15, -0.1) is 0 Å². The molecule has 1 aliphatic rings. The Morgan fingerprint density at radius 3 is 2.83 bits per heavy atom. The van der Waals surface area contributed by atoms with E-state index in [0.717, 1.165) is 9.87 Å². The summed E-state index contributed by atoms with van der Waals surface area (Å²) >= 11 is 5.54. The number of hydrogen-bond donors (Lipinski definition) is 0. The van der Waals surface area contributed by atoms with Gasteiger partial charge in [-0.2, -0.15) is 0 Å². The van der Waals surface area contributed by atoms with Crippen LogP contribution < -0.4 is 4.74 Å². The van der Waals surface area contributed by atoms with Gasteiger partial charge in [0.15, 0.2) is 0 Å². The summed E-state index contributed by atoms with van der Waals surface area (Å²) in [6.07, 6.45) is 8.53. The Balaban J connectivity index is 2.24. The third-order valence-electron chi connectivity index (χ3n) is 3.97. The zero-order valence-corrected chi connectivity index (χ0v) is 17.0. The second-order valence-electron chi connectivity index (χ2n) is 5.35. The van der Waals surface area contributed by atoms with Gasteiger partial charge < -0.3 is 4.74 Å². The summed E-state index contributed by atoms with van der Waals surface area (Å²) in [6.45, 7) is 1.72. The molecule has 0 amide bonds. The molecule has 2 atom stereocenters. The van der Waals surface area contributed by atoms with Crippen LogP contribution in [0.5, 0.6) is 5.88 Å². The predicted octanol–water partition coefficient (Wildman–Crippen LogP) is 3.63. The molecule has 1 aliphatic carbocycles. The Bertz CT molecular complexity index is 935. The first-order valence-electron chi connectivity index (χ1n) is 6.77. The number of allylic oxidation sites excluding steroid dienone is 3. The molecule has 0 fully saturated rings. The topological polar surface area (TPSA) is 61.2 Å². The largest absolute Gasteiger partial charge is 0.479 e. The highest BCUT2D eigenvalue weighted by Crippen LogP contribution is 2.39. The zero-order chi connectivity index (χ0) is 16.8. The lowest BCUT2D eigenvalue weighted by Crippen LogP contribution is -2.45. The number of fused-ring (bicyclic) bond motifs is 1. The molecule has 0 N–H and O–H groups in total. The number of methoxy groups -OCH3 is 1. The van der Waals surface area contributed by atoms with Crippen LogP contribution in [0.3, 0.4) is 0 Å². The van der Waals surface area contributed by atoms with E-state index in [1.54, 1.807) is 43.6 Å². The quantitative estimate of drug-likeness (QED) is 0.469. The van der Waals surface area contributed by atoms with Crippen molar-refractivity contribution < 1.29 is 13.2 Å². The first-order chi connectivity index (χ1) is 10.8. The lowest BCUT2D eigenvalue weighted by Gasteiger charge is -2.32. The standard InChI is InChI=1S/C15H14BrIN2O3S/c1-15(6-3-11(16)9-12(15)17)23(20,21)19-8-5-10-4-7-18-14(22-2)13(10)19/h3-9,12H,1-2H3. The molecule has 0 radical (unpaired) electrons. The van der Waals surface area contributed by atoms with Crippen LogP contribution in [0.1, 0.15) is 6.92 Å². The first kappa shape index (κ1) is 17.0. The second-order valence-corrected chi connectivity index (χ2v) is 9.83. The second kappa shape index (κ2) is 5.89. The molecule has 122 valence electrons. The molecule has 0 bridgehead atoms. The number of hydrogen-bond acceptors (Lipinski definition) is 4. The number of halogens is 2. The molecule has 0 saturated carbocycles. The molecule has 2 aromatic heterocycles. The van der Waals surface area contributed by atoms with Crippen molar-refractivity contribution in [3.63, 3.8) is 0 Å². The minimum Gasteiger partial charge on any atom is -0.479 e. The third kappa shape index (κ3) is 2.54. The van der Waals surface area contributed by atoms with Crippen molar-refractivity contribution in [2.45, 2.75) is 15.6 Å². The Morgan fingerprint density at radius 2 is 2.17 bits per heavy atom. The molecule has 2 unspecified atom stereocenters. The van der Waals surface area contributed by atoms with Gasteiger partial charge >= 0.3 is 0 Å². The zero-order valence-electron chi connectivity index (χ0n) is 12.4. The Labute approximate surface area is 156 Å². The van der Waals surface area contributed by atoms with Crippen molar-refractivity contribution in [3.05, 3.63) is 47.2 Å². The summed E-state index contributed by atoms with van der Waals surface area (Å²) in [7, 11) is -2.23. The van der Waals surface area contributed by atoms with E-state index >= 15 is 0 Å². The molecule has 8 heteroatoms. The fourth-order valence-corrected chi connectivity index (χ4v) is 6.63. The van der Waals surface area contributed by atoms with Crippen molar-refractivity contribution in [1.82, 2.24) is 8.96 Å². The monoisotopic (exact) mass is 508 g/mol. The van der Waals surface area contributed by atoms with Crippen molar-refractivity contribution >= 4 is 59.4 Å². The molecule has 0 aliphatic heterocycles. The minimum absolute atomic E-state index is 0.218. The SMILES string of the molecule is COc1nccc2ccn(S(=O)(=O)C3(C)C=CC(Br)=CC3I)c12. The van der Waals surface area contributed by atoms with Gasteiger partial charge in [0.25, 0.3) is 0 Å². The van der Waals surface area contributed by atoms with Gasteiger partial charge in [0.1, 0.15) is 10.3 Å². The minimum atomic E-state index is -3.71. The van der Waals surface area contributed by atoms with Crippen LogP contribution in [0.4, 0.5) is 0 Å². The van der Waals surface area contributed by atoms with Gasteiger partial charge in [-0.1, -0.05) is 56.7 Å². The summed E-state index contributed by atoms with van der Waals surface area (Å²) < 4.78 is 32.8. The lowest BCUT2D eigenvalue weighted by molar-refractivity contribution is 0.402. The van der Waals surface area contributed by atoms with Crippen molar-refractivity contribution in [1.29, 1.82) is 0 Å². The average molecular weight is 509 g/mol. The molecule has 2 heterocycles. The molecule has 0 aromatic carbocycles. The van der Waals surface area contributed by atoms with Crippen molar-refractivity contribution in [2.24, 2.45) is 0 Å². The molecule has 2 aromatic rings. The number of ether oxygens (including phenoxy) is 1. The van der Waals surface area contributed by atoms with E-state index in [1.165, 1.54) is 11.1 Å². The molecule has 0 spiro atoms. The maximum atomic E-state index is 13.3. The van der Waals surface area contributed by atoms with Gasteiger partial charge in [-0.3, -0.25) is 0 Å². The predicted molar refractivity (Wildman–Crippen MR) is 103 cm³/mol. The van der Waals surface area contributed by atoms with Gasteiger partial charge in [0.05, 0.1) is 11.0 Å². The van der Waals surface area contributed by atoms with Gasteiger partial charge in [-0.05, 0) is 19.1 Å². The van der Waals surface area contributed by atoms with Crippen LogP contribution in [-0.4, -0.2) is 33.2 Å². The average Bonchev–Trinajstić information content (AvgIpc) is 2.95. The summed E-state index contributed by atoms with van der Waals surface area (Å²) in [4.78, 5) is 4.12. The lowest BCUT2D eigenvalue weighted by atomic mass is 10.0. The Hall–Kier alpha value is -0.870. The highest BCUT2D eigenvalue weighted by atomic mass is 127. The van der Waals surface area contributed by atoms with E-state index in [0.29, 0.717) is 11.4 Å². The van der Waals surface area contributed by atoms with Crippen LogP contribution >= 0.6 is 38.5 Å². The summed E-state index contributed by atoms with van der Waals surface area (Å²) in [6, 6.07) is 3.52. The number of aromatic nitrogens is 2. The van der Waals surface area contributed by atoms with E-state index in [-0.39, 0.29) is 3.92 Å². The van der Waals surface area contributed by atoms with Crippen LogP contribution in [0.2, 0.25) is 0 Å². The van der Waals surface area contributed by atoms with Gasteiger partial charge in [0.2, 0.25) is 15.9 Å². The number of pyridine rings is 1. The first-order valence-corrected chi connectivity index (χ1v) is 10.2. The summed E-state index contributed by atoms with van der Waals surface area (Å²) in [5.74, 6) is 0.293. The van der Waals surface area contributed by atoms with E-state index < -0.39 is 14.8 Å². The van der Waals surface area contributed by atoms with Gasteiger partial charge in [-0.25, -0.2) is 17.4 Å². The molecule has 0 saturated heterocycles. The van der Waals surface area contributed by atoms with Crippen molar-refractivity contribution in [2.75, 3.05) is 7.11 Å². The highest BCUT2D eigenvalue weighted by molar-refractivity contribution is 14.1. The fourth-order valence-electron chi connectivity index (χ4n) is 2.52. The molecular formula is C15H14BrIN2O3S. The smallest absolute Gasteiger partial charge is 0.249 e. The molecular weight excluding hydrogens is 495 g/mol. The Kier molecular flexibility index (Phi) is 4.35. The number of rotatable bonds is 3. The molecule has 5 nitrogen and oxygen atoms in total. The number of alkyl halides is 1. The van der Waals surface area contributed by atoms with Crippen molar-refractivity contribution in [3.8, 4) is 5.88 Å². The molecule has 3 rings (SSSR count). The fraction of sp³-hybridized carbons (Fsp3) is 0.267. The third-order valence-corrected chi connectivity index (χ3v) is 8.90. The van der Waals surface area contributed by atoms with Gasteiger partial charge in [0, 0.05) is 22.3 Å². The maximum absolute atomic E-state index is 13.3. The number of nitrogens with zero attached hydrogens (tertiary/aromatic N) is 2. The van der Waals surface area contributed by atoms with E-state index in [4.69, 9.17) is 4.74 Å². The van der Waals surface area contributed by atoms with Crippen LogP contribution in [-0.2, 0) is 10.0 Å². The summed E-state index contributed by atoms with van der Waals surface area (Å²) in [5, 5.41) is 0.769. The summed E-state index contributed by atoms with van der Waals surface area (Å²) in [5.41, 5.74) is 0.460. The Morgan fingerprint density at radius 1 is 1.43 bits per heavy atom. The van der Waals surface area contributed by atoms with Crippen LogP contribution in [0.15, 0.2) is 47.2 Å².